The van der Waals surface area contributed by atoms with Crippen LogP contribution in [-0.2, 0) is 48.1 Å². The molecule has 0 saturated heterocycles. The van der Waals surface area contributed by atoms with Gasteiger partial charge in [-0.3, -0.25) is 9.35 Å². The normalized spacial score (nSPS) is 26.7. The summed E-state index contributed by atoms with van der Waals surface area (Å²) in [4.78, 5) is 12.6. The van der Waals surface area contributed by atoms with Crippen LogP contribution in [0.25, 0.3) is 0 Å². The first-order valence-corrected chi connectivity index (χ1v) is 22.2. The van der Waals surface area contributed by atoms with E-state index in [1.54, 1.807) is 0 Å². The number of carbonyl (C=O) groups excluding carboxylic acids is 1. The molecule has 4 unspecified atom stereocenters. The molecule has 0 aromatic rings. The van der Waals surface area contributed by atoms with E-state index in [0.29, 0.717) is 4.13 Å². The Morgan fingerprint density at radius 2 is 1.05 bits per heavy atom. The van der Waals surface area contributed by atoms with E-state index in [0.717, 1.165) is 0 Å². The smallest absolute Gasteiger partial charge is 0.459 e. The maximum Gasteiger partial charge on any atom is 0.512 e. The number of halogens is 18. The quantitative estimate of drug-likeness (QED) is 0.0365. The predicted molar refractivity (Wildman–Crippen MR) is 165 cm³/mol. The highest BCUT2D eigenvalue weighted by Crippen LogP contribution is 2.67. The van der Waals surface area contributed by atoms with Crippen molar-refractivity contribution in [1.82, 2.24) is 8.25 Å². The number of nitrogens with one attached hydrogen (secondary N) is 2. The highest BCUT2D eigenvalue weighted by Gasteiger charge is 2.80. The van der Waals surface area contributed by atoms with Gasteiger partial charge in [0.1, 0.15) is 5.60 Å². The number of alkyl halides is 18. The van der Waals surface area contributed by atoms with Crippen molar-refractivity contribution in [2.75, 3.05) is 5.75 Å². The molecule has 4 aliphatic rings. The molecular weight excluding hydrogens is 1020 g/mol. The highest BCUT2D eigenvalue weighted by molar-refractivity contribution is 8.13. The summed E-state index contributed by atoms with van der Waals surface area (Å²) >= 11 is -7.30. The molecule has 4 saturated carbocycles. The van der Waals surface area contributed by atoms with Crippen LogP contribution in [0.2, 0.25) is 0 Å². The third-order valence-corrected chi connectivity index (χ3v) is 15.3. The van der Waals surface area contributed by atoms with Crippen molar-refractivity contribution in [2.45, 2.75) is 106 Å². The SMILES string of the molecule is O=C(CCS(=O)(=O)O)OC12CC3CC(OSC(F)(F)C(F)(F)C(F)(F)SNSC(F)(F)F)(CC(OSC(F)(F)C(F)(F)C(F)(F)S(=O)(=O)NS(=O)(=O)C(F)(F)F)(C3)C1)C2. The Morgan fingerprint density at radius 1 is 0.627 bits per heavy atom. The standard InChI is InChI=1S/C21H20F18N2O11S7/c22-14(23,16(26,27)53-40-54-20(34,35)36)17(28,29)55-51-12-4-9-3-11(6-12,50-10(42)1-2-57(43,44)45)7-13(5-9,8-12)52-56-18(30,31)15(24,25)19(32,33)58(46,47)41-59(48,49)21(37,38)39/h9,40-41H,1-8H2,(H,43,44,45). The van der Waals surface area contributed by atoms with Gasteiger partial charge in [0, 0.05) is 43.2 Å². The molecule has 13 nitrogen and oxygen atoms in total. The minimum absolute atomic E-state index is 0.553. The van der Waals surface area contributed by atoms with Crippen LogP contribution in [0.15, 0.2) is 0 Å². The molecule has 348 valence electrons. The van der Waals surface area contributed by atoms with Crippen LogP contribution in [0.3, 0.4) is 0 Å². The first-order chi connectivity index (χ1) is 25.8. The van der Waals surface area contributed by atoms with E-state index in [2.05, 4.69) is 4.18 Å². The third kappa shape index (κ3) is 11.1. The summed E-state index contributed by atoms with van der Waals surface area (Å²) in [5.74, 6) is -18.5. The molecule has 0 radical (unpaired) electrons. The van der Waals surface area contributed by atoms with Crippen molar-refractivity contribution in [3.63, 3.8) is 0 Å². The summed E-state index contributed by atoms with van der Waals surface area (Å²) in [7, 11) is -20.4. The summed E-state index contributed by atoms with van der Waals surface area (Å²) in [6.07, 6.45) is -6.83. The molecule has 38 heteroatoms. The maximum atomic E-state index is 14.9. The van der Waals surface area contributed by atoms with Crippen molar-refractivity contribution in [2.24, 2.45) is 5.92 Å². The molecule has 4 aliphatic carbocycles. The van der Waals surface area contributed by atoms with Gasteiger partial charge in [0.15, 0.2) is 0 Å². The van der Waals surface area contributed by atoms with Crippen molar-refractivity contribution >= 4 is 84.1 Å². The summed E-state index contributed by atoms with van der Waals surface area (Å²) in [6.45, 7) is 0. The minimum atomic E-state index is -7.98. The van der Waals surface area contributed by atoms with Crippen LogP contribution < -0.4 is 8.25 Å². The van der Waals surface area contributed by atoms with Gasteiger partial charge >= 0.3 is 59.9 Å². The van der Waals surface area contributed by atoms with Crippen LogP contribution in [-0.4, -0.2) is 102 Å². The fourth-order valence-corrected chi connectivity index (χ4v) is 11.9. The Hall–Kier alpha value is -0.740. The van der Waals surface area contributed by atoms with Crippen LogP contribution in [0.1, 0.15) is 44.9 Å². The van der Waals surface area contributed by atoms with Gasteiger partial charge in [0.25, 0.3) is 20.1 Å². The molecule has 4 atom stereocenters. The zero-order chi connectivity index (χ0) is 46.2. The van der Waals surface area contributed by atoms with Gasteiger partial charge in [-0.25, -0.2) is 16.8 Å². The van der Waals surface area contributed by atoms with Gasteiger partial charge in [0.05, 0.1) is 47.5 Å². The summed E-state index contributed by atoms with van der Waals surface area (Å²) in [5, 5.41) is -26.4. The Morgan fingerprint density at radius 3 is 1.47 bits per heavy atom. The monoisotopic (exact) mass is 1040 g/mol. The zero-order valence-corrected chi connectivity index (χ0v) is 33.1. The topological polar surface area (TPSA) is 191 Å². The van der Waals surface area contributed by atoms with Crippen LogP contribution in [0.4, 0.5) is 79.0 Å². The lowest BCUT2D eigenvalue weighted by molar-refractivity contribution is -0.257. The number of sulfonamides is 2. The number of rotatable bonds is 20. The van der Waals surface area contributed by atoms with Gasteiger partial charge in [-0.05, 0) is 25.2 Å². The Kier molecular flexibility index (Phi) is 14.3. The Labute approximate surface area is 335 Å². The molecule has 4 rings (SSSR count). The first-order valence-electron chi connectivity index (χ1n) is 14.5. The summed E-state index contributed by atoms with van der Waals surface area (Å²) < 4.78 is 340. The zero-order valence-electron chi connectivity index (χ0n) is 27.4. The van der Waals surface area contributed by atoms with Crippen LogP contribution in [0.5, 0.6) is 0 Å². The largest absolute Gasteiger partial charge is 0.512 e. The van der Waals surface area contributed by atoms with E-state index in [1.807, 2.05) is 0 Å². The van der Waals surface area contributed by atoms with E-state index in [-0.39, 0.29) is 0 Å². The highest BCUT2D eigenvalue weighted by atomic mass is 32.3. The minimum Gasteiger partial charge on any atom is -0.459 e. The second kappa shape index (κ2) is 16.1. The Balaban J connectivity index is 1.98. The van der Waals surface area contributed by atoms with Gasteiger partial charge < -0.3 is 13.1 Å². The van der Waals surface area contributed by atoms with E-state index in [1.165, 1.54) is 0 Å². The fourth-order valence-electron chi connectivity index (χ4n) is 6.30. The average molecular weight is 1040 g/mol. The van der Waals surface area contributed by atoms with E-state index in [4.69, 9.17) is 13.5 Å². The molecule has 59 heavy (non-hydrogen) atoms. The molecule has 4 fully saturated rings. The maximum absolute atomic E-state index is 14.9. The van der Waals surface area contributed by atoms with Gasteiger partial charge in [0.2, 0.25) is 0 Å². The number of hydrogen-bond acceptors (Lipinski definition) is 15. The number of hydrogen-bond donors (Lipinski definition) is 3. The van der Waals surface area contributed by atoms with E-state index in [9.17, 15) is 109 Å². The number of carbonyl (C=O) groups is 1. The third-order valence-electron chi connectivity index (χ3n) is 8.11. The Bertz CT molecular complexity index is 1940. The van der Waals surface area contributed by atoms with E-state index < -0.39 is 206 Å². The van der Waals surface area contributed by atoms with Crippen molar-refractivity contribution in [1.29, 1.82) is 0 Å². The van der Waals surface area contributed by atoms with Crippen LogP contribution in [0, 0.1) is 5.92 Å². The van der Waals surface area contributed by atoms with Crippen LogP contribution >= 0.6 is 48.0 Å². The number of ether oxygens (including phenoxy) is 1. The predicted octanol–water partition coefficient (Wildman–Crippen LogP) is 7.17. The van der Waals surface area contributed by atoms with Crippen molar-refractivity contribution in [3.8, 4) is 0 Å². The lowest BCUT2D eigenvalue weighted by Crippen LogP contribution is -2.68. The fraction of sp³-hybridized carbons (Fsp3) is 0.952. The lowest BCUT2D eigenvalue weighted by Gasteiger charge is -2.64. The molecule has 0 aliphatic heterocycles. The van der Waals surface area contributed by atoms with Crippen molar-refractivity contribution < 1.29 is 127 Å². The first kappa shape index (κ1) is 52.6. The molecule has 3 N–H and O–H groups in total. The molecule has 0 spiro atoms. The van der Waals surface area contributed by atoms with Gasteiger partial charge in [-0.15, -0.1) is 0 Å². The molecule has 0 amide bonds. The summed E-state index contributed by atoms with van der Waals surface area (Å²) in [6, 6.07) is 0. The second-order valence-electron chi connectivity index (χ2n) is 12.9. The molecule has 4 bridgehead atoms. The molecule has 0 aromatic heterocycles. The molecule has 0 aromatic carbocycles. The molecule has 0 heterocycles. The van der Waals surface area contributed by atoms with E-state index >= 15 is 0 Å². The van der Waals surface area contributed by atoms with Gasteiger partial charge in [-0.2, -0.15) is 91.6 Å². The average Bonchev–Trinajstić information content (AvgIpc) is 2.99. The molecular formula is C21H20F18N2O11S7. The lowest BCUT2D eigenvalue weighted by atomic mass is 9.50. The van der Waals surface area contributed by atoms with Crippen molar-refractivity contribution in [3.05, 3.63) is 0 Å². The number of esters is 1. The summed E-state index contributed by atoms with van der Waals surface area (Å²) in [5.41, 5.74) is -20.0. The van der Waals surface area contributed by atoms with Gasteiger partial charge in [-0.1, -0.05) is 4.13 Å². The second-order valence-corrected chi connectivity index (χ2v) is 21.9.